The summed E-state index contributed by atoms with van der Waals surface area (Å²) in [7, 11) is 0. The van der Waals surface area contributed by atoms with Crippen LogP contribution in [0.2, 0.25) is 0 Å². The maximum atomic E-state index is 15.5. The third-order valence-electron chi connectivity index (χ3n) is 6.49. The van der Waals surface area contributed by atoms with Crippen molar-refractivity contribution in [3.8, 4) is 5.69 Å². The van der Waals surface area contributed by atoms with Crippen LogP contribution in [0.3, 0.4) is 0 Å². The van der Waals surface area contributed by atoms with Gasteiger partial charge in [0.25, 0.3) is 5.92 Å². The Kier molecular flexibility index (Phi) is 5.50. The van der Waals surface area contributed by atoms with Crippen LogP contribution < -0.4 is 16.7 Å². The first kappa shape index (κ1) is 21.5. The molecule has 3 aromatic rings. The molecule has 2 fully saturated rings. The van der Waals surface area contributed by atoms with E-state index in [-0.39, 0.29) is 36.0 Å². The van der Waals surface area contributed by atoms with Crippen molar-refractivity contribution in [1.82, 2.24) is 29.3 Å². The lowest BCUT2D eigenvalue weighted by Crippen LogP contribution is -2.55. The van der Waals surface area contributed by atoms with E-state index < -0.39 is 17.7 Å². The second-order valence-corrected chi connectivity index (χ2v) is 9.33. The number of benzene rings is 1. The van der Waals surface area contributed by atoms with Crippen molar-refractivity contribution < 1.29 is 8.78 Å². The first-order valence-electron chi connectivity index (χ1n) is 10.7. The quantitative estimate of drug-likeness (QED) is 0.565. The van der Waals surface area contributed by atoms with Crippen molar-refractivity contribution in [2.24, 2.45) is 0 Å². The summed E-state index contributed by atoms with van der Waals surface area (Å²) < 4.78 is 34.3. The molecule has 5 rings (SSSR count). The highest BCUT2D eigenvalue weighted by atomic mass is 79.9. The molecular weight excluding hydrogens is 484 g/mol. The molecule has 1 aromatic carbocycles. The Balaban J connectivity index is 1.59. The molecule has 1 atom stereocenters. The molecule has 0 unspecified atom stereocenters. The molecule has 0 amide bonds. The number of hydrogen-bond donors (Lipinski definition) is 2. The van der Waals surface area contributed by atoms with E-state index in [0.717, 1.165) is 35.0 Å². The summed E-state index contributed by atoms with van der Waals surface area (Å²) in [6, 6.07) is 5.83. The smallest absolute Gasteiger partial charge is 0.335 e. The minimum absolute atomic E-state index is 0.0734. The number of fused-ring (bicyclic) bond motifs is 1. The van der Waals surface area contributed by atoms with Gasteiger partial charge in [0.05, 0.1) is 12.2 Å². The number of imidazole rings is 1. The summed E-state index contributed by atoms with van der Waals surface area (Å²) in [4.78, 5) is 23.6. The van der Waals surface area contributed by atoms with Crippen molar-refractivity contribution in [3.63, 3.8) is 0 Å². The molecule has 0 radical (unpaired) electrons. The monoisotopic (exact) mass is 507 g/mol. The van der Waals surface area contributed by atoms with E-state index in [1.807, 2.05) is 4.90 Å². The van der Waals surface area contributed by atoms with Crippen molar-refractivity contribution in [2.75, 3.05) is 31.9 Å². The fourth-order valence-corrected chi connectivity index (χ4v) is 5.20. The number of likely N-dealkylation sites (tertiary alicyclic amines) is 1. The number of nitrogens with zero attached hydrogens (tertiary/aromatic N) is 5. The van der Waals surface area contributed by atoms with Gasteiger partial charge in [0.1, 0.15) is 17.9 Å². The van der Waals surface area contributed by atoms with E-state index in [2.05, 4.69) is 31.2 Å². The summed E-state index contributed by atoms with van der Waals surface area (Å²) in [6.45, 7) is 1.81. The van der Waals surface area contributed by atoms with Crippen LogP contribution in [-0.4, -0.2) is 62.1 Å². The van der Waals surface area contributed by atoms with E-state index in [0.29, 0.717) is 12.2 Å². The molecule has 11 heteroatoms. The van der Waals surface area contributed by atoms with E-state index in [9.17, 15) is 4.79 Å². The third-order valence-corrected chi connectivity index (χ3v) is 7.02. The van der Waals surface area contributed by atoms with Crippen LogP contribution in [0.4, 0.5) is 14.6 Å². The predicted octanol–water partition coefficient (Wildman–Crippen LogP) is 2.56. The van der Waals surface area contributed by atoms with Gasteiger partial charge in [0.15, 0.2) is 11.5 Å². The number of nitrogen functional groups attached to an aromatic ring is 1. The highest BCUT2D eigenvalue weighted by Crippen LogP contribution is 2.39. The van der Waals surface area contributed by atoms with Crippen molar-refractivity contribution in [2.45, 2.75) is 37.3 Å². The van der Waals surface area contributed by atoms with Crippen LogP contribution in [-0.2, 0) is 0 Å². The van der Waals surface area contributed by atoms with E-state index in [1.54, 1.807) is 24.3 Å². The number of hydrogen-bond acceptors (Lipinski definition) is 6. The average Bonchev–Trinajstić information content (AvgIpc) is 3.07. The molecule has 32 heavy (non-hydrogen) atoms. The summed E-state index contributed by atoms with van der Waals surface area (Å²) in [5, 5.41) is 3.27. The van der Waals surface area contributed by atoms with Gasteiger partial charge in [-0.2, -0.15) is 0 Å². The summed E-state index contributed by atoms with van der Waals surface area (Å²) in [6.07, 6.45) is 3.07. The van der Waals surface area contributed by atoms with Crippen LogP contribution in [0, 0.1) is 0 Å². The van der Waals surface area contributed by atoms with Gasteiger partial charge in [-0.1, -0.05) is 15.9 Å². The van der Waals surface area contributed by atoms with Crippen LogP contribution in [0.5, 0.6) is 0 Å². The van der Waals surface area contributed by atoms with E-state index >= 15 is 8.78 Å². The van der Waals surface area contributed by atoms with Crippen LogP contribution >= 0.6 is 15.9 Å². The second-order valence-electron chi connectivity index (χ2n) is 8.41. The number of alkyl halides is 2. The largest absolute Gasteiger partial charge is 0.382 e. The van der Waals surface area contributed by atoms with Gasteiger partial charge in [-0.05, 0) is 56.6 Å². The molecular formula is C21H24BrF2N7O. The molecule has 2 saturated heterocycles. The minimum atomic E-state index is -3.09. The molecule has 2 aliphatic heterocycles. The predicted molar refractivity (Wildman–Crippen MR) is 121 cm³/mol. The topological polar surface area (TPSA) is 94.0 Å². The van der Waals surface area contributed by atoms with E-state index in [4.69, 9.17) is 5.73 Å². The van der Waals surface area contributed by atoms with Crippen LogP contribution in [0.15, 0.2) is 39.9 Å². The summed E-state index contributed by atoms with van der Waals surface area (Å²) >= 11 is 3.37. The Morgan fingerprint density at radius 2 is 1.84 bits per heavy atom. The standard InChI is InChI=1S/C21H24BrF2N7O/c22-13-1-3-15(4-2-13)30-17-18(25)27-12-28-19(17)31(20(30)32)16-7-10-29(11-21(16,23)24)14-5-8-26-9-6-14/h1-4,12,14,16,26H,5-11H2,(H2,25,27,28)/t16-/m1/s1. The van der Waals surface area contributed by atoms with Crippen molar-refractivity contribution in [1.29, 1.82) is 0 Å². The second kappa shape index (κ2) is 8.20. The Bertz CT molecular complexity index is 1190. The number of nitrogens with two attached hydrogens (primary N) is 1. The average molecular weight is 508 g/mol. The molecule has 2 aromatic heterocycles. The normalized spacial score (nSPS) is 22.4. The number of rotatable bonds is 3. The zero-order chi connectivity index (χ0) is 22.5. The highest BCUT2D eigenvalue weighted by Gasteiger charge is 2.48. The van der Waals surface area contributed by atoms with Gasteiger partial charge in [0.2, 0.25) is 0 Å². The lowest BCUT2D eigenvalue weighted by molar-refractivity contribution is -0.114. The van der Waals surface area contributed by atoms with Gasteiger partial charge < -0.3 is 11.1 Å². The SMILES string of the molecule is Nc1ncnc2c1n(-c1ccc(Br)cc1)c(=O)n2[C@@H]1CCN(C2CCNCC2)CC1(F)F. The molecule has 4 heterocycles. The molecule has 0 saturated carbocycles. The maximum Gasteiger partial charge on any atom is 0.335 e. The molecule has 8 nitrogen and oxygen atoms in total. The molecule has 3 N–H and O–H groups in total. The van der Waals surface area contributed by atoms with E-state index in [1.165, 1.54) is 10.9 Å². The van der Waals surface area contributed by atoms with Gasteiger partial charge in [-0.15, -0.1) is 0 Å². The number of piperidine rings is 2. The lowest BCUT2D eigenvalue weighted by Gasteiger charge is -2.43. The number of halogens is 3. The number of anilines is 1. The zero-order valence-corrected chi connectivity index (χ0v) is 18.9. The molecule has 2 aliphatic rings. The third kappa shape index (κ3) is 3.61. The lowest BCUT2D eigenvalue weighted by atomic mass is 9.96. The highest BCUT2D eigenvalue weighted by molar-refractivity contribution is 9.10. The van der Waals surface area contributed by atoms with Gasteiger partial charge >= 0.3 is 5.69 Å². The number of aromatic nitrogens is 4. The molecule has 0 spiro atoms. The molecule has 0 bridgehead atoms. The van der Waals surface area contributed by atoms with Crippen molar-refractivity contribution >= 4 is 32.9 Å². The molecule has 0 aliphatic carbocycles. The van der Waals surface area contributed by atoms with Gasteiger partial charge in [-0.3, -0.25) is 14.0 Å². The maximum absolute atomic E-state index is 15.5. The zero-order valence-electron chi connectivity index (χ0n) is 17.3. The van der Waals surface area contributed by atoms with Gasteiger partial charge in [-0.25, -0.2) is 23.5 Å². The first-order valence-corrected chi connectivity index (χ1v) is 11.5. The summed E-state index contributed by atoms with van der Waals surface area (Å²) in [5.74, 6) is -3.02. The molecule has 170 valence electrons. The Hall–Kier alpha value is -2.37. The number of nitrogens with one attached hydrogen (secondary N) is 1. The van der Waals surface area contributed by atoms with Crippen molar-refractivity contribution in [3.05, 3.63) is 45.5 Å². The van der Waals surface area contributed by atoms with Crippen LogP contribution in [0.1, 0.15) is 25.3 Å². The fourth-order valence-electron chi connectivity index (χ4n) is 4.93. The van der Waals surface area contributed by atoms with Gasteiger partial charge in [0, 0.05) is 17.1 Å². The van der Waals surface area contributed by atoms with Crippen LogP contribution in [0.25, 0.3) is 16.9 Å². The first-order chi connectivity index (χ1) is 15.4. The fraction of sp³-hybridized carbons (Fsp3) is 0.476. The summed E-state index contributed by atoms with van der Waals surface area (Å²) in [5.41, 5.74) is 6.39. The minimum Gasteiger partial charge on any atom is -0.382 e. The Morgan fingerprint density at radius 3 is 2.53 bits per heavy atom. The Morgan fingerprint density at radius 1 is 1.12 bits per heavy atom. The Labute approximate surface area is 191 Å².